The van der Waals surface area contributed by atoms with E-state index in [1.807, 2.05) is 6.92 Å². The Morgan fingerprint density at radius 3 is 2.42 bits per heavy atom. The predicted octanol–water partition coefficient (Wildman–Crippen LogP) is 4.00. The second kappa shape index (κ2) is 10.2. The molecule has 0 radical (unpaired) electrons. The SMILES string of the molecule is COc1ccc(N(CCCC(=O)N[C@@H](C)c2ccc3c(c2)CCCC3)S(C)(=O)=O)cc1. The molecule has 0 fully saturated rings. The van der Waals surface area contributed by atoms with Gasteiger partial charge in [0.05, 0.1) is 25.1 Å². The molecule has 168 valence electrons. The van der Waals surface area contributed by atoms with Gasteiger partial charge < -0.3 is 10.1 Å². The highest BCUT2D eigenvalue weighted by Crippen LogP contribution is 2.25. The summed E-state index contributed by atoms with van der Waals surface area (Å²) >= 11 is 0. The second-order valence-corrected chi connectivity index (χ2v) is 10.1. The molecule has 31 heavy (non-hydrogen) atoms. The molecular weight excluding hydrogens is 412 g/mol. The highest BCUT2D eigenvalue weighted by atomic mass is 32.2. The Morgan fingerprint density at radius 2 is 1.77 bits per heavy atom. The first-order valence-electron chi connectivity index (χ1n) is 10.8. The van der Waals surface area contributed by atoms with Crippen molar-refractivity contribution in [3.63, 3.8) is 0 Å². The van der Waals surface area contributed by atoms with Crippen LogP contribution in [-0.2, 0) is 27.7 Å². The maximum Gasteiger partial charge on any atom is 0.232 e. The fourth-order valence-electron chi connectivity index (χ4n) is 4.04. The number of nitrogens with zero attached hydrogens (tertiary/aromatic N) is 1. The quantitative estimate of drug-likeness (QED) is 0.634. The lowest BCUT2D eigenvalue weighted by molar-refractivity contribution is -0.121. The van der Waals surface area contributed by atoms with Crippen LogP contribution in [0.2, 0.25) is 0 Å². The van der Waals surface area contributed by atoms with Gasteiger partial charge in [0.25, 0.3) is 0 Å². The zero-order chi connectivity index (χ0) is 22.4. The number of anilines is 1. The zero-order valence-corrected chi connectivity index (χ0v) is 19.4. The fraction of sp³-hybridized carbons (Fsp3) is 0.458. The first-order chi connectivity index (χ1) is 14.8. The number of amides is 1. The molecule has 1 amide bonds. The van der Waals surface area contributed by atoms with Crippen molar-refractivity contribution in [2.75, 3.05) is 24.2 Å². The number of aryl methyl sites for hydroxylation is 2. The van der Waals surface area contributed by atoms with Crippen molar-refractivity contribution in [2.24, 2.45) is 0 Å². The average molecular weight is 445 g/mol. The fourth-order valence-corrected chi connectivity index (χ4v) is 5.00. The summed E-state index contributed by atoms with van der Waals surface area (Å²) in [5.74, 6) is 0.584. The lowest BCUT2D eigenvalue weighted by Gasteiger charge is -2.23. The van der Waals surface area contributed by atoms with Gasteiger partial charge in [-0.2, -0.15) is 0 Å². The van der Waals surface area contributed by atoms with E-state index in [0.29, 0.717) is 17.9 Å². The van der Waals surface area contributed by atoms with Gasteiger partial charge in [-0.05, 0) is 80.0 Å². The molecule has 6 nitrogen and oxygen atoms in total. The lowest BCUT2D eigenvalue weighted by atomic mass is 9.89. The van der Waals surface area contributed by atoms with Crippen LogP contribution in [0.3, 0.4) is 0 Å². The van der Waals surface area contributed by atoms with Crippen molar-refractivity contribution in [1.82, 2.24) is 5.32 Å². The van der Waals surface area contributed by atoms with E-state index in [0.717, 1.165) is 18.4 Å². The molecule has 0 heterocycles. The van der Waals surface area contributed by atoms with Crippen LogP contribution in [0.1, 0.15) is 55.3 Å². The van der Waals surface area contributed by atoms with E-state index in [-0.39, 0.29) is 24.9 Å². The van der Waals surface area contributed by atoms with Gasteiger partial charge in [0.2, 0.25) is 15.9 Å². The number of rotatable bonds is 9. The molecule has 0 saturated carbocycles. The standard InChI is InChI=1S/C24H32N2O4S/c1-18(20-11-10-19-7-4-5-8-21(19)17-20)25-24(27)9-6-16-26(31(3,28)29)22-12-14-23(30-2)15-13-22/h10-15,17-18H,4-9,16H2,1-3H3,(H,25,27)/t18-/m0/s1. The van der Waals surface area contributed by atoms with Gasteiger partial charge >= 0.3 is 0 Å². The molecule has 0 aromatic heterocycles. The molecule has 0 aliphatic heterocycles. The molecule has 1 atom stereocenters. The van der Waals surface area contributed by atoms with E-state index >= 15 is 0 Å². The normalized spacial score (nSPS) is 14.4. The van der Waals surface area contributed by atoms with Gasteiger partial charge in [-0.25, -0.2) is 8.42 Å². The summed E-state index contributed by atoms with van der Waals surface area (Å²) in [4.78, 5) is 12.5. The largest absolute Gasteiger partial charge is 0.497 e. The van der Waals surface area contributed by atoms with Gasteiger partial charge in [0, 0.05) is 13.0 Å². The number of ether oxygens (including phenoxy) is 1. The summed E-state index contributed by atoms with van der Waals surface area (Å²) in [6.07, 6.45) is 6.59. The highest BCUT2D eigenvalue weighted by Gasteiger charge is 2.19. The summed E-state index contributed by atoms with van der Waals surface area (Å²) in [6.45, 7) is 2.23. The van der Waals surface area contributed by atoms with Gasteiger partial charge in [0.15, 0.2) is 0 Å². The van der Waals surface area contributed by atoms with Gasteiger partial charge in [-0.1, -0.05) is 18.2 Å². The molecule has 2 aromatic carbocycles. The van der Waals surface area contributed by atoms with Gasteiger partial charge in [0.1, 0.15) is 5.75 Å². The number of benzene rings is 2. The van der Waals surface area contributed by atoms with Crippen molar-refractivity contribution in [2.45, 2.75) is 51.5 Å². The smallest absolute Gasteiger partial charge is 0.232 e. The third-order valence-corrected chi connectivity index (χ3v) is 6.97. The Kier molecular flexibility index (Phi) is 7.59. The molecule has 7 heteroatoms. The first-order valence-corrected chi connectivity index (χ1v) is 12.7. The number of sulfonamides is 1. The van der Waals surface area contributed by atoms with Crippen LogP contribution >= 0.6 is 0 Å². The molecular formula is C24H32N2O4S. The van der Waals surface area contributed by atoms with Crippen molar-refractivity contribution >= 4 is 21.6 Å². The highest BCUT2D eigenvalue weighted by molar-refractivity contribution is 7.92. The van der Waals surface area contributed by atoms with Crippen molar-refractivity contribution in [3.05, 3.63) is 59.2 Å². The number of hydrogen-bond acceptors (Lipinski definition) is 4. The Labute approximate surface area is 185 Å². The average Bonchev–Trinajstić information content (AvgIpc) is 2.75. The molecule has 2 aromatic rings. The number of carbonyl (C=O) groups excluding carboxylic acids is 1. The summed E-state index contributed by atoms with van der Waals surface area (Å²) in [6, 6.07) is 13.3. The van der Waals surface area contributed by atoms with Crippen LogP contribution in [0.15, 0.2) is 42.5 Å². The van der Waals surface area contributed by atoms with E-state index < -0.39 is 10.0 Å². The summed E-state index contributed by atoms with van der Waals surface area (Å²) < 4.78 is 30.9. The minimum Gasteiger partial charge on any atom is -0.497 e. The Bertz CT molecular complexity index is 1000. The van der Waals surface area contributed by atoms with Crippen LogP contribution in [0.4, 0.5) is 5.69 Å². The van der Waals surface area contributed by atoms with Crippen molar-refractivity contribution < 1.29 is 17.9 Å². The minimum absolute atomic E-state index is 0.0756. The third kappa shape index (κ3) is 6.23. The Balaban J connectivity index is 1.55. The minimum atomic E-state index is -3.45. The van der Waals surface area contributed by atoms with E-state index in [1.165, 1.54) is 34.5 Å². The van der Waals surface area contributed by atoms with Crippen molar-refractivity contribution in [1.29, 1.82) is 0 Å². The molecule has 1 aliphatic rings. The van der Waals surface area contributed by atoms with E-state index in [1.54, 1.807) is 31.4 Å². The monoisotopic (exact) mass is 444 g/mol. The Hall–Kier alpha value is -2.54. The van der Waals surface area contributed by atoms with Gasteiger partial charge in [-0.3, -0.25) is 9.10 Å². The maximum absolute atomic E-state index is 12.5. The Morgan fingerprint density at radius 1 is 1.10 bits per heavy atom. The number of hydrogen-bond donors (Lipinski definition) is 1. The molecule has 0 bridgehead atoms. The number of nitrogens with one attached hydrogen (secondary N) is 1. The van der Waals surface area contributed by atoms with E-state index in [9.17, 15) is 13.2 Å². The molecule has 1 aliphatic carbocycles. The molecule has 0 unspecified atom stereocenters. The van der Waals surface area contributed by atoms with Crippen LogP contribution in [-0.4, -0.2) is 34.2 Å². The van der Waals surface area contributed by atoms with Crippen LogP contribution < -0.4 is 14.4 Å². The summed E-state index contributed by atoms with van der Waals surface area (Å²) in [7, 11) is -1.89. The first kappa shape index (κ1) is 23.1. The molecule has 0 spiro atoms. The maximum atomic E-state index is 12.5. The number of fused-ring (bicyclic) bond motifs is 1. The second-order valence-electron chi connectivity index (χ2n) is 8.16. The summed E-state index contributed by atoms with van der Waals surface area (Å²) in [5.41, 5.74) is 4.50. The van der Waals surface area contributed by atoms with Gasteiger partial charge in [-0.15, -0.1) is 0 Å². The van der Waals surface area contributed by atoms with Crippen LogP contribution in [0.25, 0.3) is 0 Å². The van der Waals surface area contributed by atoms with E-state index in [4.69, 9.17) is 4.74 Å². The predicted molar refractivity (Wildman–Crippen MR) is 124 cm³/mol. The van der Waals surface area contributed by atoms with Crippen LogP contribution in [0.5, 0.6) is 5.75 Å². The molecule has 0 saturated heterocycles. The van der Waals surface area contributed by atoms with E-state index in [2.05, 4.69) is 23.5 Å². The summed E-state index contributed by atoms with van der Waals surface area (Å²) in [5, 5.41) is 3.05. The third-order valence-electron chi connectivity index (χ3n) is 5.78. The molecule has 3 rings (SSSR count). The lowest BCUT2D eigenvalue weighted by Crippen LogP contribution is -2.32. The van der Waals surface area contributed by atoms with Crippen LogP contribution in [0, 0.1) is 0 Å². The number of methoxy groups -OCH3 is 1. The topological polar surface area (TPSA) is 75.7 Å². The van der Waals surface area contributed by atoms with Crippen molar-refractivity contribution in [3.8, 4) is 5.75 Å². The zero-order valence-electron chi connectivity index (χ0n) is 18.6. The molecule has 1 N–H and O–H groups in total. The number of carbonyl (C=O) groups is 1.